The molecule has 0 unspecified atom stereocenters. The number of hydrogen-bond donors (Lipinski definition) is 1. The van der Waals surface area contributed by atoms with Gasteiger partial charge >= 0.3 is 0 Å². The molecule has 3 atom stereocenters. The summed E-state index contributed by atoms with van der Waals surface area (Å²) < 4.78 is 6.01. The SMILES string of the molecule is CN1CC[C@]23CC(=O)CC[C@H]2[C@H]1Cc1ccc(OCc2ccccc2)c(O)c13. The average Bonchev–Trinajstić information content (AvgIpc) is 2.70. The predicted octanol–water partition coefficient (Wildman–Crippen LogP) is 3.84. The maximum atomic E-state index is 12.5. The first kappa shape index (κ1) is 17.7. The van der Waals surface area contributed by atoms with Gasteiger partial charge in [-0.05, 0) is 56.0 Å². The third-order valence-corrected chi connectivity index (χ3v) is 7.29. The van der Waals surface area contributed by atoms with Gasteiger partial charge < -0.3 is 14.7 Å². The van der Waals surface area contributed by atoms with E-state index in [9.17, 15) is 9.90 Å². The number of rotatable bonds is 3. The van der Waals surface area contributed by atoms with Crippen LogP contribution in [0.3, 0.4) is 0 Å². The Hall–Kier alpha value is -2.33. The molecule has 0 amide bonds. The molecule has 2 bridgehead atoms. The number of likely N-dealkylation sites (N-methyl/N-ethyl adjacent to an activating group) is 1. The lowest BCUT2D eigenvalue weighted by molar-refractivity contribution is -0.126. The van der Waals surface area contributed by atoms with E-state index < -0.39 is 0 Å². The highest BCUT2D eigenvalue weighted by Crippen LogP contribution is 2.58. The molecule has 0 radical (unpaired) electrons. The zero-order valence-electron chi connectivity index (χ0n) is 16.4. The fourth-order valence-corrected chi connectivity index (χ4v) is 5.96. The molecule has 146 valence electrons. The molecule has 2 aliphatic carbocycles. The van der Waals surface area contributed by atoms with Crippen LogP contribution in [0.2, 0.25) is 0 Å². The van der Waals surface area contributed by atoms with Crippen LogP contribution in [0, 0.1) is 5.92 Å². The number of likely N-dealkylation sites (tertiary alicyclic amines) is 1. The number of phenolic OH excluding ortho intramolecular Hbond substituents is 1. The Morgan fingerprint density at radius 1 is 1.21 bits per heavy atom. The van der Waals surface area contributed by atoms with Gasteiger partial charge in [-0.15, -0.1) is 0 Å². The van der Waals surface area contributed by atoms with Crippen molar-refractivity contribution in [3.8, 4) is 11.5 Å². The van der Waals surface area contributed by atoms with Crippen molar-refractivity contribution >= 4 is 5.78 Å². The summed E-state index contributed by atoms with van der Waals surface area (Å²) in [6.45, 7) is 1.40. The Morgan fingerprint density at radius 3 is 2.86 bits per heavy atom. The summed E-state index contributed by atoms with van der Waals surface area (Å²) in [5.74, 6) is 1.57. The molecular formula is C24H27NO3. The molecule has 4 nitrogen and oxygen atoms in total. The van der Waals surface area contributed by atoms with Crippen LogP contribution in [0.25, 0.3) is 0 Å². The van der Waals surface area contributed by atoms with Gasteiger partial charge in [-0.2, -0.15) is 0 Å². The van der Waals surface area contributed by atoms with Crippen LogP contribution in [0.15, 0.2) is 42.5 Å². The second kappa shape index (κ2) is 6.63. The maximum Gasteiger partial charge on any atom is 0.161 e. The van der Waals surface area contributed by atoms with E-state index in [1.165, 1.54) is 5.56 Å². The number of benzene rings is 2. The summed E-state index contributed by atoms with van der Waals surface area (Å²) >= 11 is 0. The van der Waals surface area contributed by atoms with Gasteiger partial charge in [0.15, 0.2) is 11.5 Å². The predicted molar refractivity (Wildman–Crippen MR) is 108 cm³/mol. The van der Waals surface area contributed by atoms with E-state index in [2.05, 4.69) is 18.0 Å². The van der Waals surface area contributed by atoms with Crippen LogP contribution in [0.1, 0.15) is 42.4 Å². The number of carbonyl (C=O) groups excluding carboxylic acids is 1. The van der Waals surface area contributed by atoms with Crippen molar-refractivity contribution in [3.63, 3.8) is 0 Å². The molecule has 3 aliphatic rings. The van der Waals surface area contributed by atoms with Crippen LogP contribution >= 0.6 is 0 Å². The van der Waals surface area contributed by atoms with Crippen molar-refractivity contribution in [3.05, 3.63) is 59.2 Å². The quantitative estimate of drug-likeness (QED) is 0.883. The van der Waals surface area contributed by atoms with Gasteiger partial charge in [0.05, 0.1) is 0 Å². The molecule has 1 aliphatic heterocycles. The fraction of sp³-hybridized carbons (Fsp3) is 0.458. The number of fused-ring (bicyclic) bond motifs is 1. The Morgan fingerprint density at radius 2 is 2.04 bits per heavy atom. The number of piperidine rings is 1. The summed E-state index contributed by atoms with van der Waals surface area (Å²) in [5, 5.41) is 11.3. The van der Waals surface area contributed by atoms with Gasteiger partial charge in [-0.1, -0.05) is 36.4 Å². The normalized spacial score (nSPS) is 29.1. The van der Waals surface area contributed by atoms with E-state index in [-0.39, 0.29) is 11.2 Å². The highest BCUT2D eigenvalue weighted by atomic mass is 16.5. The monoisotopic (exact) mass is 377 g/mol. The summed E-state index contributed by atoms with van der Waals surface area (Å²) in [7, 11) is 2.20. The Kier molecular flexibility index (Phi) is 4.20. The van der Waals surface area contributed by atoms with E-state index in [0.29, 0.717) is 42.9 Å². The summed E-state index contributed by atoms with van der Waals surface area (Å²) in [6, 6.07) is 14.5. The number of hydrogen-bond acceptors (Lipinski definition) is 4. The molecule has 5 rings (SSSR count). The Bertz CT molecular complexity index is 910. The lowest BCUT2D eigenvalue weighted by atomic mass is 9.52. The minimum atomic E-state index is -0.226. The van der Waals surface area contributed by atoms with E-state index in [1.54, 1.807) is 0 Å². The number of ether oxygens (including phenoxy) is 1. The standard InChI is InChI=1S/C24H27NO3/c1-25-12-11-24-14-18(26)8-9-19(24)20(25)13-17-7-10-21(23(27)22(17)24)28-15-16-5-3-2-4-6-16/h2-7,10,19-20,27H,8-9,11-15H2,1H3/t19-,20+,24-/m0/s1. The molecule has 28 heavy (non-hydrogen) atoms. The van der Waals surface area contributed by atoms with Gasteiger partial charge in [0.1, 0.15) is 12.4 Å². The number of ketones is 1. The molecule has 1 saturated heterocycles. The van der Waals surface area contributed by atoms with Crippen molar-refractivity contribution in [2.75, 3.05) is 13.6 Å². The van der Waals surface area contributed by atoms with Crippen molar-refractivity contribution in [1.82, 2.24) is 4.90 Å². The third-order valence-electron chi connectivity index (χ3n) is 7.29. The lowest BCUT2D eigenvalue weighted by Crippen LogP contribution is -2.60. The van der Waals surface area contributed by atoms with Crippen molar-refractivity contribution < 1.29 is 14.6 Å². The van der Waals surface area contributed by atoms with Gasteiger partial charge in [0.25, 0.3) is 0 Å². The molecule has 4 heteroatoms. The smallest absolute Gasteiger partial charge is 0.161 e. The minimum absolute atomic E-state index is 0.226. The first-order valence-electron chi connectivity index (χ1n) is 10.3. The minimum Gasteiger partial charge on any atom is -0.504 e. The first-order chi connectivity index (χ1) is 13.6. The topological polar surface area (TPSA) is 49.8 Å². The largest absolute Gasteiger partial charge is 0.504 e. The zero-order chi connectivity index (χ0) is 19.3. The maximum absolute atomic E-state index is 12.5. The fourth-order valence-electron chi connectivity index (χ4n) is 5.96. The van der Waals surface area contributed by atoms with Gasteiger partial charge in [-0.3, -0.25) is 4.79 Å². The summed E-state index contributed by atoms with van der Waals surface area (Å²) in [5.41, 5.74) is 3.03. The number of phenols is 1. The van der Waals surface area contributed by atoms with Crippen molar-refractivity contribution in [1.29, 1.82) is 0 Å². The van der Waals surface area contributed by atoms with Crippen LogP contribution in [0.5, 0.6) is 11.5 Å². The Balaban J connectivity index is 1.55. The number of carbonyl (C=O) groups is 1. The summed E-state index contributed by atoms with van der Waals surface area (Å²) in [6.07, 6.45) is 4.04. The molecule has 1 saturated carbocycles. The van der Waals surface area contributed by atoms with Crippen LogP contribution in [-0.2, 0) is 23.2 Å². The van der Waals surface area contributed by atoms with Gasteiger partial charge in [-0.25, -0.2) is 0 Å². The molecule has 1 N–H and O–H groups in total. The van der Waals surface area contributed by atoms with Crippen LogP contribution in [-0.4, -0.2) is 35.4 Å². The molecular weight excluding hydrogens is 350 g/mol. The lowest BCUT2D eigenvalue weighted by Gasteiger charge is -2.58. The van der Waals surface area contributed by atoms with E-state index in [0.717, 1.165) is 36.9 Å². The van der Waals surface area contributed by atoms with Crippen LogP contribution in [0.4, 0.5) is 0 Å². The van der Waals surface area contributed by atoms with Crippen molar-refractivity contribution in [2.45, 2.75) is 50.2 Å². The third kappa shape index (κ3) is 2.66. The number of Topliss-reactive ketones (excluding diaryl/α,β-unsaturated/α-hetero) is 1. The summed E-state index contributed by atoms with van der Waals surface area (Å²) in [4.78, 5) is 14.9. The number of aromatic hydroxyl groups is 1. The second-order valence-electron chi connectivity index (χ2n) is 8.74. The highest BCUT2D eigenvalue weighted by Gasteiger charge is 2.56. The van der Waals surface area contributed by atoms with E-state index in [4.69, 9.17) is 4.74 Å². The molecule has 2 aromatic carbocycles. The molecule has 0 aromatic heterocycles. The highest BCUT2D eigenvalue weighted by molar-refractivity contribution is 5.82. The van der Waals surface area contributed by atoms with Crippen molar-refractivity contribution in [2.24, 2.45) is 5.92 Å². The van der Waals surface area contributed by atoms with E-state index >= 15 is 0 Å². The molecule has 0 spiro atoms. The second-order valence-corrected chi connectivity index (χ2v) is 8.74. The molecule has 2 fully saturated rings. The molecule has 1 heterocycles. The first-order valence-corrected chi connectivity index (χ1v) is 10.3. The van der Waals surface area contributed by atoms with Crippen LogP contribution < -0.4 is 4.74 Å². The Labute approximate surface area is 166 Å². The molecule has 2 aromatic rings. The average molecular weight is 377 g/mol. The zero-order valence-corrected chi connectivity index (χ0v) is 16.4. The van der Waals surface area contributed by atoms with Gasteiger partial charge in [0, 0.05) is 29.9 Å². The van der Waals surface area contributed by atoms with E-state index in [1.807, 2.05) is 36.4 Å². The van der Waals surface area contributed by atoms with Gasteiger partial charge in [0.2, 0.25) is 0 Å². The number of nitrogens with zero attached hydrogens (tertiary/aromatic N) is 1.